The first kappa shape index (κ1) is 13.4. The van der Waals surface area contributed by atoms with Gasteiger partial charge in [0.25, 0.3) is 0 Å². The van der Waals surface area contributed by atoms with Crippen LogP contribution in [0.4, 0.5) is 4.79 Å². The van der Waals surface area contributed by atoms with Gasteiger partial charge in [0, 0.05) is 19.7 Å². The summed E-state index contributed by atoms with van der Waals surface area (Å²) in [5.74, 6) is 0.818. The molecule has 0 saturated heterocycles. The highest BCUT2D eigenvalue weighted by Gasteiger charge is 2.10. The lowest BCUT2D eigenvalue weighted by molar-refractivity contribution is 0.208. The summed E-state index contributed by atoms with van der Waals surface area (Å²) in [6.07, 6.45) is 0.973. The molecule has 0 saturated carbocycles. The number of ether oxygens (including phenoxy) is 1. The monoisotopic (exact) mass is 236 g/mol. The minimum Gasteiger partial charge on any atom is -0.496 e. The van der Waals surface area contributed by atoms with E-state index in [9.17, 15) is 4.79 Å². The lowest BCUT2D eigenvalue weighted by Gasteiger charge is -2.18. The third-order valence-electron chi connectivity index (χ3n) is 2.72. The molecular weight excluding hydrogens is 216 g/mol. The Morgan fingerprint density at radius 1 is 1.47 bits per heavy atom. The Labute approximate surface area is 103 Å². The van der Waals surface area contributed by atoms with E-state index in [0.29, 0.717) is 6.54 Å². The number of hydrogen-bond donors (Lipinski definition) is 1. The number of nitrogens with zero attached hydrogens (tertiary/aromatic N) is 1. The average molecular weight is 236 g/mol. The van der Waals surface area contributed by atoms with Crippen LogP contribution < -0.4 is 10.1 Å². The second-order valence-electron chi connectivity index (χ2n) is 3.91. The van der Waals surface area contributed by atoms with Gasteiger partial charge in [-0.2, -0.15) is 0 Å². The highest BCUT2D eigenvalue weighted by atomic mass is 16.5. The van der Waals surface area contributed by atoms with Crippen LogP contribution >= 0.6 is 0 Å². The number of methoxy groups -OCH3 is 1. The molecule has 0 radical (unpaired) electrons. The normalized spacial score (nSPS) is 9.88. The smallest absolute Gasteiger partial charge is 0.317 e. The minimum absolute atomic E-state index is 0.103. The van der Waals surface area contributed by atoms with Gasteiger partial charge in [0.1, 0.15) is 5.75 Å². The molecule has 1 aromatic rings. The van der Waals surface area contributed by atoms with Gasteiger partial charge in [0.05, 0.1) is 13.7 Å². The molecule has 0 aromatic heterocycles. The van der Waals surface area contributed by atoms with Crippen LogP contribution in [0.15, 0.2) is 18.2 Å². The number of carbonyl (C=O) groups excluding carboxylic acids is 1. The maximum atomic E-state index is 11.4. The van der Waals surface area contributed by atoms with Crippen molar-refractivity contribution in [2.24, 2.45) is 0 Å². The van der Waals surface area contributed by atoms with Crippen molar-refractivity contribution >= 4 is 6.03 Å². The molecule has 0 heterocycles. The third kappa shape index (κ3) is 3.37. The summed E-state index contributed by atoms with van der Waals surface area (Å²) in [6.45, 7) is 2.64. The van der Waals surface area contributed by atoms with Gasteiger partial charge >= 0.3 is 6.03 Å². The molecule has 94 valence electrons. The fourth-order valence-electron chi connectivity index (χ4n) is 1.69. The highest BCUT2D eigenvalue weighted by Crippen LogP contribution is 2.21. The number of urea groups is 1. The number of benzene rings is 1. The van der Waals surface area contributed by atoms with Crippen LogP contribution in [0.25, 0.3) is 0 Å². The molecule has 0 spiro atoms. The Morgan fingerprint density at radius 3 is 2.71 bits per heavy atom. The topological polar surface area (TPSA) is 41.6 Å². The van der Waals surface area contributed by atoms with Crippen LogP contribution in [0.3, 0.4) is 0 Å². The second kappa shape index (κ2) is 6.13. The maximum absolute atomic E-state index is 11.4. The maximum Gasteiger partial charge on any atom is 0.317 e. The number of aryl methyl sites for hydroxylation is 1. The summed E-state index contributed by atoms with van der Waals surface area (Å²) in [5.41, 5.74) is 2.27. The van der Waals surface area contributed by atoms with Crippen molar-refractivity contribution in [1.82, 2.24) is 10.2 Å². The first-order valence-electron chi connectivity index (χ1n) is 5.71. The summed E-state index contributed by atoms with van der Waals surface area (Å²) < 4.78 is 5.30. The van der Waals surface area contributed by atoms with E-state index in [1.807, 2.05) is 12.1 Å². The molecule has 0 aliphatic heterocycles. The molecule has 0 aliphatic carbocycles. The zero-order valence-electron chi connectivity index (χ0n) is 10.9. The van der Waals surface area contributed by atoms with E-state index in [4.69, 9.17) is 4.74 Å². The van der Waals surface area contributed by atoms with Crippen molar-refractivity contribution in [3.05, 3.63) is 29.3 Å². The molecule has 0 aliphatic rings. The Morgan fingerprint density at radius 2 is 2.18 bits per heavy atom. The van der Waals surface area contributed by atoms with E-state index in [2.05, 4.69) is 18.3 Å². The van der Waals surface area contributed by atoms with E-state index in [-0.39, 0.29) is 6.03 Å². The Balaban J connectivity index is 2.91. The first-order chi connectivity index (χ1) is 8.12. The minimum atomic E-state index is -0.103. The van der Waals surface area contributed by atoms with Crippen LogP contribution in [-0.4, -0.2) is 32.1 Å². The van der Waals surface area contributed by atoms with Crippen LogP contribution in [0.1, 0.15) is 18.1 Å². The van der Waals surface area contributed by atoms with Crippen molar-refractivity contribution in [2.75, 3.05) is 21.2 Å². The van der Waals surface area contributed by atoms with Gasteiger partial charge in [-0.25, -0.2) is 4.79 Å². The number of carbonyl (C=O) groups is 1. The SMILES string of the molecule is CCc1ccc(OC)c(CN(C)C(=O)NC)c1. The summed E-state index contributed by atoms with van der Waals surface area (Å²) in [7, 11) is 5.03. The summed E-state index contributed by atoms with van der Waals surface area (Å²) >= 11 is 0. The lowest BCUT2D eigenvalue weighted by atomic mass is 10.1. The van der Waals surface area contributed by atoms with E-state index >= 15 is 0 Å². The number of rotatable bonds is 4. The number of amides is 2. The van der Waals surface area contributed by atoms with Gasteiger partial charge in [-0.05, 0) is 18.1 Å². The van der Waals surface area contributed by atoms with Gasteiger partial charge in [-0.1, -0.05) is 19.1 Å². The average Bonchev–Trinajstić information content (AvgIpc) is 2.37. The highest BCUT2D eigenvalue weighted by molar-refractivity contribution is 5.73. The third-order valence-corrected chi connectivity index (χ3v) is 2.72. The van der Waals surface area contributed by atoms with Crippen molar-refractivity contribution in [2.45, 2.75) is 19.9 Å². The predicted molar refractivity (Wildman–Crippen MR) is 68.3 cm³/mol. The van der Waals surface area contributed by atoms with Crippen LogP contribution in [0.2, 0.25) is 0 Å². The van der Waals surface area contributed by atoms with Crippen molar-refractivity contribution < 1.29 is 9.53 Å². The van der Waals surface area contributed by atoms with Gasteiger partial charge in [-0.3, -0.25) is 0 Å². The summed E-state index contributed by atoms with van der Waals surface area (Å²) in [5, 5.41) is 2.60. The largest absolute Gasteiger partial charge is 0.496 e. The van der Waals surface area contributed by atoms with Gasteiger partial charge < -0.3 is 15.0 Å². The number of hydrogen-bond acceptors (Lipinski definition) is 2. The summed E-state index contributed by atoms with van der Waals surface area (Å²) in [4.78, 5) is 13.1. The van der Waals surface area contributed by atoms with E-state index in [1.54, 1.807) is 26.1 Å². The van der Waals surface area contributed by atoms with Gasteiger partial charge in [-0.15, -0.1) is 0 Å². The molecule has 0 fully saturated rings. The quantitative estimate of drug-likeness (QED) is 0.869. The Hall–Kier alpha value is -1.71. The number of nitrogens with one attached hydrogen (secondary N) is 1. The molecule has 1 aromatic carbocycles. The standard InChI is InChI=1S/C13H20N2O2/c1-5-10-6-7-12(17-4)11(8-10)9-15(3)13(16)14-2/h6-8H,5,9H2,1-4H3,(H,14,16). The van der Waals surface area contributed by atoms with E-state index < -0.39 is 0 Å². The van der Waals surface area contributed by atoms with Crippen LogP contribution in [0, 0.1) is 0 Å². The molecule has 4 nitrogen and oxygen atoms in total. The van der Waals surface area contributed by atoms with Crippen molar-refractivity contribution in [3.63, 3.8) is 0 Å². The molecule has 0 bridgehead atoms. The fraction of sp³-hybridized carbons (Fsp3) is 0.462. The molecule has 0 unspecified atom stereocenters. The summed E-state index contributed by atoms with van der Waals surface area (Å²) in [6, 6.07) is 5.97. The van der Waals surface area contributed by atoms with Crippen LogP contribution in [-0.2, 0) is 13.0 Å². The van der Waals surface area contributed by atoms with Crippen molar-refractivity contribution in [3.8, 4) is 5.75 Å². The van der Waals surface area contributed by atoms with E-state index in [1.165, 1.54) is 5.56 Å². The molecule has 4 heteroatoms. The van der Waals surface area contributed by atoms with E-state index in [0.717, 1.165) is 17.7 Å². The molecule has 2 amide bonds. The molecule has 0 atom stereocenters. The van der Waals surface area contributed by atoms with Crippen LogP contribution in [0.5, 0.6) is 5.75 Å². The van der Waals surface area contributed by atoms with Crippen molar-refractivity contribution in [1.29, 1.82) is 0 Å². The zero-order chi connectivity index (χ0) is 12.8. The zero-order valence-corrected chi connectivity index (χ0v) is 10.9. The Kier molecular flexibility index (Phi) is 4.82. The lowest BCUT2D eigenvalue weighted by Crippen LogP contribution is -2.34. The molecule has 1 rings (SSSR count). The molecule has 17 heavy (non-hydrogen) atoms. The van der Waals surface area contributed by atoms with Gasteiger partial charge in [0.15, 0.2) is 0 Å². The molecular formula is C13H20N2O2. The Bertz CT molecular complexity index is 391. The second-order valence-corrected chi connectivity index (χ2v) is 3.91. The fourth-order valence-corrected chi connectivity index (χ4v) is 1.69. The molecule has 1 N–H and O–H groups in total. The predicted octanol–water partition coefficient (Wildman–Crippen LogP) is 2.03. The first-order valence-corrected chi connectivity index (χ1v) is 5.71. The van der Waals surface area contributed by atoms with Gasteiger partial charge in [0.2, 0.25) is 0 Å².